The molecule has 1 aromatic heterocycles. The van der Waals surface area contributed by atoms with Crippen molar-refractivity contribution in [2.24, 2.45) is 0 Å². The number of aliphatic hydroxyl groups is 1. The van der Waals surface area contributed by atoms with Gasteiger partial charge >= 0.3 is 6.18 Å². The number of halogens is 3. The lowest BCUT2D eigenvalue weighted by molar-refractivity contribution is -0.137. The molecule has 4 nitrogen and oxygen atoms in total. The third kappa shape index (κ3) is 4.58. The molecular formula is C15H22F3N3O. The van der Waals surface area contributed by atoms with Crippen molar-refractivity contribution in [1.29, 1.82) is 0 Å². The molecule has 1 aliphatic heterocycles. The maximum absolute atomic E-state index is 12.5. The lowest BCUT2D eigenvalue weighted by Gasteiger charge is -2.24. The molecule has 1 fully saturated rings. The quantitative estimate of drug-likeness (QED) is 0.925. The fraction of sp³-hybridized carbons (Fsp3) is 0.667. The van der Waals surface area contributed by atoms with Crippen molar-refractivity contribution in [2.45, 2.75) is 32.0 Å². The van der Waals surface area contributed by atoms with Crippen LogP contribution in [0.1, 0.15) is 25.3 Å². The van der Waals surface area contributed by atoms with Crippen molar-refractivity contribution in [3.8, 4) is 0 Å². The Bertz CT molecular complexity index is 464. The summed E-state index contributed by atoms with van der Waals surface area (Å²) in [4.78, 5) is 8.14. The predicted molar refractivity (Wildman–Crippen MR) is 78.8 cm³/mol. The fourth-order valence-electron chi connectivity index (χ4n) is 2.55. The Labute approximate surface area is 128 Å². The fourth-order valence-corrected chi connectivity index (χ4v) is 2.55. The number of alkyl halides is 3. The van der Waals surface area contributed by atoms with Crippen LogP contribution in [0.3, 0.4) is 0 Å². The van der Waals surface area contributed by atoms with Crippen LogP contribution < -0.4 is 4.90 Å². The number of rotatable bonds is 4. The summed E-state index contributed by atoms with van der Waals surface area (Å²) in [7, 11) is 0. The molecule has 0 aromatic carbocycles. The molecule has 1 N–H and O–H groups in total. The monoisotopic (exact) mass is 317 g/mol. The standard InChI is InChI=1S/C15H22F3N3O/c1-2-13(22)11-20-6-3-7-21(9-8-20)14-5-4-12(10-19-14)15(16,17)18/h4-5,10,13,22H,2-3,6-9,11H2,1H3/t13-/m1/s1. The Morgan fingerprint density at radius 2 is 2.00 bits per heavy atom. The first kappa shape index (κ1) is 17.0. The van der Waals surface area contributed by atoms with Crippen molar-refractivity contribution < 1.29 is 18.3 Å². The third-order valence-electron chi connectivity index (χ3n) is 3.93. The van der Waals surface area contributed by atoms with Crippen LogP contribution in [0.4, 0.5) is 19.0 Å². The van der Waals surface area contributed by atoms with Crippen LogP contribution in [-0.2, 0) is 6.18 Å². The maximum Gasteiger partial charge on any atom is 0.417 e. The van der Waals surface area contributed by atoms with Crippen molar-refractivity contribution in [3.05, 3.63) is 23.9 Å². The Balaban J connectivity index is 1.96. The van der Waals surface area contributed by atoms with E-state index in [-0.39, 0.29) is 6.10 Å². The maximum atomic E-state index is 12.5. The molecule has 1 atom stereocenters. The molecule has 0 aliphatic carbocycles. The highest BCUT2D eigenvalue weighted by atomic mass is 19.4. The number of aromatic nitrogens is 1. The highest BCUT2D eigenvalue weighted by molar-refractivity contribution is 5.40. The first-order valence-electron chi connectivity index (χ1n) is 7.58. The molecule has 0 radical (unpaired) electrons. The van der Waals surface area contributed by atoms with Crippen LogP contribution in [0.2, 0.25) is 0 Å². The van der Waals surface area contributed by atoms with E-state index >= 15 is 0 Å². The van der Waals surface area contributed by atoms with E-state index < -0.39 is 11.7 Å². The Morgan fingerprint density at radius 3 is 2.59 bits per heavy atom. The topological polar surface area (TPSA) is 39.6 Å². The number of hydrogen-bond donors (Lipinski definition) is 1. The molecule has 22 heavy (non-hydrogen) atoms. The molecule has 0 saturated carbocycles. The van der Waals surface area contributed by atoms with Crippen molar-refractivity contribution >= 4 is 5.82 Å². The zero-order valence-corrected chi connectivity index (χ0v) is 12.7. The van der Waals surface area contributed by atoms with Gasteiger partial charge in [0.25, 0.3) is 0 Å². The van der Waals surface area contributed by atoms with Gasteiger partial charge in [0, 0.05) is 32.4 Å². The summed E-state index contributed by atoms with van der Waals surface area (Å²) >= 11 is 0. The molecule has 1 aliphatic rings. The highest BCUT2D eigenvalue weighted by Crippen LogP contribution is 2.29. The smallest absolute Gasteiger partial charge is 0.392 e. The first-order valence-corrected chi connectivity index (χ1v) is 7.58. The lowest BCUT2D eigenvalue weighted by Crippen LogP contribution is -2.35. The van der Waals surface area contributed by atoms with Gasteiger partial charge in [-0.1, -0.05) is 6.92 Å². The van der Waals surface area contributed by atoms with Crippen molar-refractivity contribution in [2.75, 3.05) is 37.6 Å². The average molecular weight is 317 g/mol. The van der Waals surface area contributed by atoms with Gasteiger partial charge in [-0.2, -0.15) is 13.2 Å². The highest BCUT2D eigenvalue weighted by Gasteiger charge is 2.31. The van der Waals surface area contributed by atoms with Gasteiger partial charge in [0.15, 0.2) is 0 Å². The molecule has 2 heterocycles. The van der Waals surface area contributed by atoms with Gasteiger partial charge in [0.2, 0.25) is 0 Å². The van der Waals surface area contributed by atoms with Gasteiger partial charge in [-0.05, 0) is 31.5 Å². The summed E-state index contributed by atoms with van der Waals surface area (Å²) in [6.45, 7) is 5.71. The first-order chi connectivity index (χ1) is 10.4. The SMILES string of the molecule is CC[C@@H](O)CN1CCCN(c2ccc(C(F)(F)F)cn2)CC1. The van der Waals surface area contributed by atoms with Crippen molar-refractivity contribution in [1.82, 2.24) is 9.88 Å². The zero-order valence-electron chi connectivity index (χ0n) is 12.7. The summed E-state index contributed by atoms with van der Waals surface area (Å²) < 4.78 is 37.6. The van der Waals surface area contributed by atoms with Gasteiger partial charge in [-0.3, -0.25) is 4.90 Å². The van der Waals surface area contributed by atoms with E-state index in [0.29, 0.717) is 18.9 Å². The summed E-state index contributed by atoms with van der Waals surface area (Å²) in [5.74, 6) is 0.575. The van der Waals surface area contributed by atoms with Gasteiger partial charge in [-0.25, -0.2) is 4.98 Å². The number of β-amino-alcohol motifs (C(OH)–C–C–N with tert-alkyl or cyclic N) is 1. The minimum atomic E-state index is -4.35. The summed E-state index contributed by atoms with van der Waals surface area (Å²) in [5.41, 5.74) is -0.723. The van der Waals surface area contributed by atoms with E-state index in [0.717, 1.165) is 44.7 Å². The van der Waals surface area contributed by atoms with Crippen LogP contribution in [0.25, 0.3) is 0 Å². The average Bonchev–Trinajstić information content (AvgIpc) is 2.72. The van der Waals surface area contributed by atoms with Crippen LogP contribution in [0.5, 0.6) is 0 Å². The summed E-state index contributed by atoms with van der Waals surface area (Å²) in [5, 5.41) is 9.72. The molecule has 7 heteroatoms. The normalized spacial score (nSPS) is 19.0. The van der Waals surface area contributed by atoms with E-state index in [1.54, 1.807) is 0 Å². The van der Waals surface area contributed by atoms with Crippen molar-refractivity contribution in [3.63, 3.8) is 0 Å². The Hall–Kier alpha value is -1.34. The molecule has 1 aromatic rings. The second kappa shape index (κ2) is 7.28. The minimum Gasteiger partial charge on any atom is -0.392 e. The van der Waals surface area contributed by atoms with E-state index in [9.17, 15) is 18.3 Å². The van der Waals surface area contributed by atoms with E-state index in [2.05, 4.69) is 9.88 Å². The second-order valence-electron chi connectivity index (χ2n) is 5.61. The van der Waals surface area contributed by atoms with E-state index in [4.69, 9.17) is 0 Å². The zero-order chi connectivity index (χ0) is 16.2. The minimum absolute atomic E-state index is 0.323. The number of aliphatic hydroxyl groups excluding tert-OH is 1. The van der Waals surface area contributed by atoms with Gasteiger partial charge < -0.3 is 10.0 Å². The molecule has 0 amide bonds. The lowest BCUT2D eigenvalue weighted by atomic mass is 10.2. The van der Waals surface area contributed by atoms with Crippen LogP contribution in [-0.4, -0.2) is 53.8 Å². The van der Waals surface area contributed by atoms with Gasteiger partial charge in [-0.15, -0.1) is 0 Å². The Kier molecular flexibility index (Phi) is 5.63. The van der Waals surface area contributed by atoms with E-state index in [1.165, 1.54) is 6.07 Å². The molecule has 1 saturated heterocycles. The van der Waals surface area contributed by atoms with E-state index in [1.807, 2.05) is 11.8 Å². The van der Waals surface area contributed by atoms with Gasteiger partial charge in [0.1, 0.15) is 5.82 Å². The molecule has 124 valence electrons. The predicted octanol–water partition coefficient (Wildman–Crippen LogP) is 2.38. The second-order valence-corrected chi connectivity index (χ2v) is 5.61. The molecule has 0 unspecified atom stereocenters. The molecule has 0 spiro atoms. The number of anilines is 1. The molecule has 0 bridgehead atoms. The van der Waals surface area contributed by atoms with Crippen LogP contribution >= 0.6 is 0 Å². The third-order valence-corrected chi connectivity index (χ3v) is 3.93. The number of hydrogen-bond acceptors (Lipinski definition) is 4. The molecular weight excluding hydrogens is 295 g/mol. The summed E-state index contributed by atoms with van der Waals surface area (Å²) in [6, 6.07) is 2.51. The van der Waals surface area contributed by atoms with Gasteiger partial charge in [0.05, 0.1) is 11.7 Å². The largest absolute Gasteiger partial charge is 0.417 e. The molecule has 2 rings (SSSR count). The van der Waals surface area contributed by atoms with Crippen LogP contribution in [0.15, 0.2) is 18.3 Å². The Morgan fingerprint density at radius 1 is 1.23 bits per heavy atom. The van der Waals surface area contributed by atoms with Crippen LogP contribution in [0, 0.1) is 0 Å². The number of nitrogens with zero attached hydrogens (tertiary/aromatic N) is 3. The summed E-state index contributed by atoms with van der Waals surface area (Å²) in [6.07, 6.45) is -2.16. The number of pyridine rings is 1.